The molecular formula is C15H13N3O5. The quantitative estimate of drug-likeness (QED) is 0.743. The summed E-state index contributed by atoms with van der Waals surface area (Å²) in [6.07, 6.45) is 0. The van der Waals surface area contributed by atoms with Crippen molar-refractivity contribution in [3.8, 4) is 23.0 Å². The second-order valence-electron chi connectivity index (χ2n) is 4.56. The van der Waals surface area contributed by atoms with Crippen LogP contribution >= 0.6 is 0 Å². The predicted molar refractivity (Wildman–Crippen MR) is 79.3 cm³/mol. The van der Waals surface area contributed by atoms with Gasteiger partial charge in [-0.05, 0) is 36.4 Å². The van der Waals surface area contributed by atoms with Crippen LogP contribution < -0.4 is 30.8 Å². The number of hydrogen-bond acceptors (Lipinski definition) is 5. The molecule has 0 bridgehead atoms. The number of primary amides is 1. The topological polar surface area (TPSA) is 112 Å². The number of para-hydroxylation sites is 1. The fourth-order valence-electron chi connectivity index (χ4n) is 1.98. The molecule has 23 heavy (non-hydrogen) atoms. The van der Waals surface area contributed by atoms with Crippen LogP contribution in [0.15, 0.2) is 42.5 Å². The van der Waals surface area contributed by atoms with Gasteiger partial charge in [-0.15, -0.1) is 0 Å². The van der Waals surface area contributed by atoms with Gasteiger partial charge in [-0.1, -0.05) is 6.07 Å². The van der Waals surface area contributed by atoms with Gasteiger partial charge in [0, 0.05) is 5.56 Å². The van der Waals surface area contributed by atoms with E-state index in [1.165, 1.54) is 0 Å². The van der Waals surface area contributed by atoms with E-state index in [0.717, 1.165) is 0 Å². The molecule has 0 aromatic heterocycles. The number of carbonyl (C=O) groups excluding carboxylic acids is 2. The van der Waals surface area contributed by atoms with Gasteiger partial charge in [0.25, 0.3) is 5.91 Å². The number of rotatable bonds is 3. The molecule has 2 aromatic rings. The summed E-state index contributed by atoms with van der Waals surface area (Å²) in [4.78, 5) is 22.3. The molecule has 8 nitrogen and oxygen atoms in total. The zero-order valence-electron chi connectivity index (χ0n) is 11.9. The molecule has 0 spiro atoms. The highest BCUT2D eigenvalue weighted by Crippen LogP contribution is 2.42. The maximum absolute atomic E-state index is 11.7. The van der Waals surface area contributed by atoms with Gasteiger partial charge in [0.05, 0.1) is 0 Å². The first-order valence-electron chi connectivity index (χ1n) is 6.66. The minimum Gasteiger partial charge on any atom is -0.453 e. The van der Waals surface area contributed by atoms with Crippen molar-refractivity contribution >= 4 is 11.9 Å². The van der Waals surface area contributed by atoms with Crippen LogP contribution in [0.25, 0.3) is 0 Å². The first-order chi connectivity index (χ1) is 11.1. The number of fused-ring (bicyclic) bond motifs is 1. The fourth-order valence-corrected chi connectivity index (χ4v) is 1.98. The molecule has 4 N–H and O–H groups in total. The predicted octanol–water partition coefficient (Wildman–Crippen LogP) is 1.52. The highest BCUT2D eigenvalue weighted by Gasteiger charge is 2.18. The molecule has 2 aromatic carbocycles. The molecule has 118 valence electrons. The summed E-state index contributed by atoms with van der Waals surface area (Å²) in [5.74, 6) is 1.71. The molecule has 1 heterocycles. The van der Waals surface area contributed by atoms with E-state index >= 15 is 0 Å². The SMILES string of the molecule is NC(=O)NNC(=O)c1ccc(Oc2cccc3c2OCO3)cc1. The second-order valence-corrected chi connectivity index (χ2v) is 4.56. The monoisotopic (exact) mass is 315 g/mol. The lowest BCUT2D eigenvalue weighted by atomic mass is 10.2. The Hall–Kier alpha value is -3.42. The van der Waals surface area contributed by atoms with E-state index in [-0.39, 0.29) is 6.79 Å². The Kier molecular flexibility index (Phi) is 3.88. The molecule has 1 aliphatic rings. The Bertz CT molecular complexity index is 745. The number of hydrazine groups is 1. The number of nitrogens with one attached hydrogen (secondary N) is 2. The van der Waals surface area contributed by atoms with Gasteiger partial charge in [-0.3, -0.25) is 10.2 Å². The number of hydrogen-bond donors (Lipinski definition) is 3. The normalized spacial score (nSPS) is 11.7. The summed E-state index contributed by atoms with van der Waals surface area (Å²) >= 11 is 0. The lowest BCUT2D eigenvalue weighted by Gasteiger charge is -2.09. The highest BCUT2D eigenvalue weighted by molar-refractivity contribution is 5.95. The number of benzene rings is 2. The summed E-state index contributed by atoms with van der Waals surface area (Å²) < 4.78 is 16.4. The van der Waals surface area contributed by atoms with Crippen molar-refractivity contribution in [1.29, 1.82) is 0 Å². The summed E-state index contributed by atoms with van der Waals surface area (Å²) in [5.41, 5.74) is 9.37. The zero-order valence-corrected chi connectivity index (χ0v) is 11.9. The number of ether oxygens (including phenoxy) is 3. The van der Waals surface area contributed by atoms with Crippen molar-refractivity contribution in [2.75, 3.05) is 6.79 Å². The van der Waals surface area contributed by atoms with E-state index in [4.69, 9.17) is 19.9 Å². The lowest BCUT2D eigenvalue weighted by molar-refractivity contribution is 0.0937. The van der Waals surface area contributed by atoms with Crippen molar-refractivity contribution in [1.82, 2.24) is 10.9 Å². The Labute approximate surface area is 131 Å². The largest absolute Gasteiger partial charge is 0.453 e. The molecular weight excluding hydrogens is 302 g/mol. The van der Waals surface area contributed by atoms with E-state index in [1.54, 1.807) is 42.5 Å². The molecule has 0 radical (unpaired) electrons. The van der Waals surface area contributed by atoms with Crippen LogP contribution in [0.4, 0.5) is 4.79 Å². The standard InChI is InChI=1S/C15H13N3O5/c16-15(20)18-17-14(19)9-4-6-10(7-5-9)23-12-3-1-2-11-13(12)22-8-21-11/h1-7H,8H2,(H,17,19)(H3,16,18,20). The molecule has 0 saturated carbocycles. The lowest BCUT2D eigenvalue weighted by Crippen LogP contribution is -2.44. The Morgan fingerprint density at radius 3 is 2.57 bits per heavy atom. The molecule has 0 aliphatic carbocycles. The van der Waals surface area contributed by atoms with Gasteiger partial charge in [-0.25, -0.2) is 10.2 Å². The molecule has 3 amide bonds. The average molecular weight is 315 g/mol. The van der Waals surface area contributed by atoms with Crippen molar-refractivity contribution in [3.63, 3.8) is 0 Å². The molecule has 0 saturated heterocycles. The summed E-state index contributed by atoms with van der Waals surface area (Å²) in [6.45, 7) is 0.154. The van der Waals surface area contributed by atoms with Gasteiger partial charge in [0.2, 0.25) is 12.5 Å². The highest BCUT2D eigenvalue weighted by atomic mass is 16.7. The Balaban J connectivity index is 1.70. The van der Waals surface area contributed by atoms with E-state index in [0.29, 0.717) is 28.6 Å². The van der Waals surface area contributed by atoms with Crippen LogP contribution in [-0.4, -0.2) is 18.7 Å². The minimum atomic E-state index is -0.849. The molecule has 0 fully saturated rings. The maximum atomic E-state index is 11.7. The molecule has 0 unspecified atom stereocenters. The van der Waals surface area contributed by atoms with Gasteiger partial charge >= 0.3 is 6.03 Å². The second kappa shape index (κ2) is 6.14. The van der Waals surface area contributed by atoms with Crippen molar-refractivity contribution < 1.29 is 23.8 Å². The van der Waals surface area contributed by atoms with E-state index < -0.39 is 11.9 Å². The number of amides is 3. The fraction of sp³-hybridized carbons (Fsp3) is 0.0667. The van der Waals surface area contributed by atoms with Crippen molar-refractivity contribution in [3.05, 3.63) is 48.0 Å². The summed E-state index contributed by atoms with van der Waals surface area (Å²) in [5, 5.41) is 0. The smallest absolute Gasteiger partial charge is 0.330 e. The number of nitrogens with two attached hydrogens (primary N) is 1. The van der Waals surface area contributed by atoms with E-state index in [9.17, 15) is 9.59 Å². The molecule has 0 atom stereocenters. The summed E-state index contributed by atoms with van der Waals surface area (Å²) in [7, 11) is 0. The van der Waals surface area contributed by atoms with Gasteiger partial charge in [0.15, 0.2) is 11.5 Å². The molecule has 8 heteroatoms. The third kappa shape index (κ3) is 3.26. The minimum absolute atomic E-state index is 0.154. The van der Waals surface area contributed by atoms with Crippen LogP contribution in [-0.2, 0) is 0 Å². The van der Waals surface area contributed by atoms with E-state index in [1.807, 2.05) is 5.43 Å². The van der Waals surface area contributed by atoms with Gasteiger partial charge < -0.3 is 19.9 Å². The first kappa shape index (κ1) is 14.5. The Morgan fingerprint density at radius 1 is 1.04 bits per heavy atom. The van der Waals surface area contributed by atoms with E-state index in [2.05, 4.69) is 5.43 Å². The first-order valence-corrected chi connectivity index (χ1v) is 6.66. The molecule has 3 rings (SSSR count). The third-order valence-electron chi connectivity index (χ3n) is 3.00. The average Bonchev–Trinajstić information content (AvgIpc) is 3.03. The number of carbonyl (C=O) groups is 2. The van der Waals surface area contributed by atoms with Crippen LogP contribution in [0.1, 0.15) is 10.4 Å². The number of urea groups is 1. The van der Waals surface area contributed by atoms with Crippen LogP contribution in [0, 0.1) is 0 Å². The van der Waals surface area contributed by atoms with Crippen molar-refractivity contribution in [2.45, 2.75) is 0 Å². The third-order valence-corrected chi connectivity index (χ3v) is 3.00. The van der Waals surface area contributed by atoms with Gasteiger partial charge in [0.1, 0.15) is 5.75 Å². The zero-order chi connectivity index (χ0) is 16.2. The molecule has 1 aliphatic heterocycles. The van der Waals surface area contributed by atoms with Crippen LogP contribution in [0.3, 0.4) is 0 Å². The summed E-state index contributed by atoms with van der Waals surface area (Å²) in [6, 6.07) is 10.8. The maximum Gasteiger partial charge on any atom is 0.330 e. The van der Waals surface area contributed by atoms with Crippen LogP contribution in [0.2, 0.25) is 0 Å². The van der Waals surface area contributed by atoms with Crippen LogP contribution in [0.5, 0.6) is 23.0 Å². The Morgan fingerprint density at radius 2 is 1.83 bits per heavy atom. The van der Waals surface area contributed by atoms with Crippen molar-refractivity contribution in [2.24, 2.45) is 5.73 Å². The van der Waals surface area contributed by atoms with Gasteiger partial charge in [-0.2, -0.15) is 0 Å².